The fourth-order valence-corrected chi connectivity index (χ4v) is 3.21. The van der Waals surface area contributed by atoms with Crippen LogP contribution in [0.25, 0.3) is 5.57 Å². The van der Waals surface area contributed by atoms with Crippen LogP contribution in [0.2, 0.25) is 10.0 Å². The molecule has 0 bridgehead atoms. The van der Waals surface area contributed by atoms with Crippen LogP contribution in [0.4, 0.5) is 0 Å². The Labute approximate surface area is 170 Å². The average molecular weight is 407 g/mol. The second-order valence-corrected chi connectivity index (χ2v) is 6.99. The number of rotatable bonds is 9. The number of allylic oxidation sites excluding steroid dienone is 1. The zero-order valence-corrected chi connectivity index (χ0v) is 17.1. The largest absolute Gasteiger partial charge is 0.489 e. The maximum atomic E-state index is 11.9. The minimum absolute atomic E-state index is 0.316. The molecule has 5 heteroatoms. The van der Waals surface area contributed by atoms with Gasteiger partial charge in [0.1, 0.15) is 12.4 Å². The molecule has 0 spiro atoms. The van der Waals surface area contributed by atoms with Crippen molar-refractivity contribution in [2.24, 2.45) is 0 Å². The van der Waals surface area contributed by atoms with Crippen molar-refractivity contribution in [3.8, 4) is 5.75 Å². The number of esters is 1. The first kappa shape index (κ1) is 21.3. The van der Waals surface area contributed by atoms with Gasteiger partial charge in [0.25, 0.3) is 0 Å². The number of unbranched alkanes of at least 4 members (excludes halogenated alkanes) is 1. The van der Waals surface area contributed by atoms with E-state index in [0.717, 1.165) is 41.7 Å². The first-order chi connectivity index (χ1) is 13.0. The smallest absolute Gasteiger partial charge is 0.331 e. The van der Waals surface area contributed by atoms with E-state index in [1.165, 1.54) is 0 Å². The maximum Gasteiger partial charge on any atom is 0.331 e. The highest BCUT2D eigenvalue weighted by molar-refractivity contribution is 6.34. The van der Waals surface area contributed by atoms with Crippen LogP contribution >= 0.6 is 23.2 Å². The molecule has 0 aliphatic rings. The predicted molar refractivity (Wildman–Crippen MR) is 111 cm³/mol. The molecule has 0 N–H and O–H groups in total. The molecule has 0 unspecified atom stereocenters. The summed E-state index contributed by atoms with van der Waals surface area (Å²) in [6.07, 6.45) is 4.43. The number of carbonyl (C=O) groups excluding carboxylic acids is 1. The summed E-state index contributed by atoms with van der Waals surface area (Å²) in [5.41, 5.74) is 2.80. The minimum atomic E-state index is -0.316. The zero-order valence-electron chi connectivity index (χ0n) is 15.6. The Bertz CT molecular complexity index is 780. The summed E-state index contributed by atoms with van der Waals surface area (Å²) in [5, 5.41) is 1.16. The molecule has 3 nitrogen and oxygen atoms in total. The van der Waals surface area contributed by atoms with Crippen LogP contribution in [0.15, 0.2) is 48.5 Å². The first-order valence-electron chi connectivity index (χ1n) is 9.07. The molecular formula is C22H24Cl2O3. The number of hydrogen-bond donors (Lipinski definition) is 0. The topological polar surface area (TPSA) is 35.5 Å². The van der Waals surface area contributed by atoms with E-state index in [9.17, 15) is 4.79 Å². The SMILES string of the molecule is CCCC/C(=C/C(=O)OCC)c1cccc(OCc2cc(Cl)cc(Cl)c2)c1. The van der Waals surface area contributed by atoms with Gasteiger partial charge in [-0.05, 0) is 66.8 Å². The highest BCUT2D eigenvalue weighted by Gasteiger charge is 2.08. The Morgan fingerprint density at radius 1 is 1.07 bits per heavy atom. The van der Waals surface area contributed by atoms with Gasteiger partial charge in [0.05, 0.1) is 6.61 Å². The molecule has 0 fully saturated rings. The van der Waals surface area contributed by atoms with Crippen LogP contribution in [0.3, 0.4) is 0 Å². The van der Waals surface area contributed by atoms with E-state index in [0.29, 0.717) is 23.3 Å². The predicted octanol–water partition coefficient (Wildman–Crippen LogP) is 6.71. The van der Waals surface area contributed by atoms with Crippen molar-refractivity contribution in [2.75, 3.05) is 6.61 Å². The molecule has 2 aromatic rings. The van der Waals surface area contributed by atoms with E-state index in [1.807, 2.05) is 36.4 Å². The van der Waals surface area contributed by atoms with Gasteiger partial charge in [0.15, 0.2) is 0 Å². The highest BCUT2D eigenvalue weighted by atomic mass is 35.5. The van der Waals surface area contributed by atoms with E-state index in [4.69, 9.17) is 32.7 Å². The highest BCUT2D eigenvalue weighted by Crippen LogP contribution is 2.26. The Kier molecular flexibility index (Phi) is 8.70. The van der Waals surface area contributed by atoms with Gasteiger partial charge in [-0.3, -0.25) is 0 Å². The number of carbonyl (C=O) groups is 1. The Hall–Kier alpha value is -1.97. The fraction of sp³-hybridized carbons (Fsp3) is 0.318. The molecule has 144 valence electrons. The summed E-state index contributed by atoms with van der Waals surface area (Å²) in [7, 11) is 0. The summed E-state index contributed by atoms with van der Waals surface area (Å²) in [6.45, 7) is 4.64. The summed E-state index contributed by atoms with van der Waals surface area (Å²) < 4.78 is 10.9. The van der Waals surface area contributed by atoms with Crippen molar-refractivity contribution in [3.63, 3.8) is 0 Å². The van der Waals surface area contributed by atoms with Crippen molar-refractivity contribution in [2.45, 2.75) is 39.7 Å². The third kappa shape index (κ3) is 7.28. The molecule has 0 saturated carbocycles. The minimum Gasteiger partial charge on any atom is -0.489 e. The zero-order chi connectivity index (χ0) is 19.6. The number of hydrogen-bond acceptors (Lipinski definition) is 3. The Balaban J connectivity index is 2.16. The molecule has 2 aromatic carbocycles. The van der Waals surface area contributed by atoms with E-state index < -0.39 is 0 Å². The molecule has 0 saturated heterocycles. The van der Waals surface area contributed by atoms with Crippen molar-refractivity contribution in [3.05, 3.63) is 69.7 Å². The molecule has 0 heterocycles. The third-order valence-electron chi connectivity index (χ3n) is 3.91. The lowest BCUT2D eigenvalue weighted by molar-refractivity contribution is -0.137. The van der Waals surface area contributed by atoms with E-state index in [1.54, 1.807) is 19.1 Å². The number of ether oxygens (including phenoxy) is 2. The number of benzene rings is 2. The van der Waals surface area contributed by atoms with Crippen LogP contribution in [-0.2, 0) is 16.1 Å². The lowest BCUT2D eigenvalue weighted by Crippen LogP contribution is -2.01. The van der Waals surface area contributed by atoms with E-state index in [2.05, 4.69) is 6.92 Å². The molecule has 0 aromatic heterocycles. The molecule has 0 radical (unpaired) electrons. The summed E-state index contributed by atoms with van der Waals surface area (Å²) >= 11 is 12.1. The first-order valence-corrected chi connectivity index (χ1v) is 9.83. The summed E-state index contributed by atoms with van der Waals surface area (Å²) in [6, 6.07) is 13.1. The van der Waals surface area contributed by atoms with Crippen LogP contribution in [0, 0.1) is 0 Å². The summed E-state index contributed by atoms with van der Waals surface area (Å²) in [4.78, 5) is 11.9. The van der Waals surface area contributed by atoms with Crippen LogP contribution in [-0.4, -0.2) is 12.6 Å². The fourth-order valence-electron chi connectivity index (χ4n) is 2.64. The summed E-state index contributed by atoms with van der Waals surface area (Å²) in [5.74, 6) is 0.401. The lowest BCUT2D eigenvalue weighted by Gasteiger charge is -2.11. The van der Waals surface area contributed by atoms with Gasteiger partial charge >= 0.3 is 5.97 Å². The monoisotopic (exact) mass is 406 g/mol. The molecule has 0 amide bonds. The van der Waals surface area contributed by atoms with Crippen LogP contribution in [0.5, 0.6) is 5.75 Å². The van der Waals surface area contributed by atoms with Gasteiger partial charge in [-0.15, -0.1) is 0 Å². The van der Waals surface area contributed by atoms with Crippen molar-refractivity contribution >= 4 is 34.7 Å². The van der Waals surface area contributed by atoms with Gasteiger partial charge in [-0.2, -0.15) is 0 Å². The number of halogens is 2. The molecule has 0 aliphatic carbocycles. The average Bonchev–Trinajstić information content (AvgIpc) is 2.63. The molecular weight excluding hydrogens is 383 g/mol. The normalized spacial score (nSPS) is 11.3. The quantitative estimate of drug-likeness (QED) is 0.342. The lowest BCUT2D eigenvalue weighted by atomic mass is 9.99. The maximum absolute atomic E-state index is 11.9. The standard InChI is InChI=1S/C22H24Cl2O3/c1-3-5-7-18(13-22(25)26-4-2)17-8-6-9-21(12-17)27-15-16-10-19(23)14-20(24)11-16/h6,8-14H,3-5,7,15H2,1-2H3/b18-13-. The third-order valence-corrected chi connectivity index (χ3v) is 4.35. The van der Waals surface area contributed by atoms with Gasteiger partial charge in [0.2, 0.25) is 0 Å². The van der Waals surface area contributed by atoms with Gasteiger partial charge in [0, 0.05) is 16.1 Å². The van der Waals surface area contributed by atoms with Crippen molar-refractivity contribution < 1.29 is 14.3 Å². The van der Waals surface area contributed by atoms with Crippen molar-refractivity contribution in [1.29, 1.82) is 0 Å². The Morgan fingerprint density at radius 3 is 2.48 bits per heavy atom. The van der Waals surface area contributed by atoms with E-state index >= 15 is 0 Å². The van der Waals surface area contributed by atoms with Crippen molar-refractivity contribution in [1.82, 2.24) is 0 Å². The van der Waals surface area contributed by atoms with Gasteiger partial charge < -0.3 is 9.47 Å². The molecule has 0 aliphatic heterocycles. The van der Waals surface area contributed by atoms with E-state index in [-0.39, 0.29) is 5.97 Å². The van der Waals surface area contributed by atoms with Gasteiger partial charge in [-0.1, -0.05) is 48.7 Å². The van der Waals surface area contributed by atoms with Crippen LogP contribution in [0.1, 0.15) is 44.2 Å². The van der Waals surface area contributed by atoms with Gasteiger partial charge in [-0.25, -0.2) is 4.79 Å². The second kappa shape index (κ2) is 11.0. The molecule has 0 atom stereocenters. The molecule has 27 heavy (non-hydrogen) atoms. The Morgan fingerprint density at radius 2 is 1.81 bits per heavy atom. The van der Waals surface area contributed by atoms with Crippen LogP contribution < -0.4 is 4.74 Å². The molecule has 2 rings (SSSR count). The second-order valence-electron chi connectivity index (χ2n) is 6.12.